The Labute approximate surface area is 177 Å². The number of carboxylic acids is 1. The standard InChI is InChI=1S/C19H22N2O3.C2HF3O2/c20-18(11-15-7-3-1-4-8-15)19(22)21-12-17(14-24-21)23-13-16-9-5-2-6-10-16;3-2(4,5)1(6)7/h1-10,17-18H,11-14,20H2;(H,6,7)/t17?,18-;/m0./s1. The number of hydroxylamine groups is 2. The Balaban J connectivity index is 0.000000423. The minimum atomic E-state index is -5.08. The molecule has 0 radical (unpaired) electrons. The molecule has 168 valence electrons. The molecule has 2 aromatic rings. The average Bonchev–Trinajstić information content (AvgIpc) is 3.22. The maximum Gasteiger partial charge on any atom is 0.490 e. The summed E-state index contributed by atoms with van der Waals surface area (Å²) in [6, 6.07) is 19.1. The van der Waals surface area contributed by atoms with E-state index in [0.717, 1.165) is 11.1 Å². The summed E-state index contributed by atoms with van der Waals surface area (Å²) >= 11 is 0. The molecule has 2 aromatic carbocycles. The van der Waals surface area contributed by atoms with Crippen LogP contribution in [0.5, 0.6) is 0 Å². The maximum absolute atomic E-state index is 12.4. The molecule has 1 saturated heterocycles. The number of nitrogens with two attached hydrogens (primary N) is 1. The Hall–Kier alpha value is -2.95. The third-order valence-electron chi connectivity index (χ3n) is 4.22. The van der Waals surface area contributed by atoms with Crippen molar-refractivity contribution in [2.75, 3.05) is 13.2 Å². The molecule has 1 fully saturated rings. The lowest BCUT2D eigenvalue weighted by molar-refractivity contribution is -0.192. The zero-order valence-electron chi connectivity index (χ0n) is 16.5. The molecule has 1 amide bonds. The molecule has 0 aliphatic carbocycles. The number of carbonyl (C=O) groups is 2. The van der Waals surface area contributed by atoms with Crippen LogP contribution >= 0.6 is 0 Å². The number of rotatable bonds is 6. The topological polar surface area (TPSA) is 102 Å². The first kappa shape index (κ1) is 24.3. The highest BCUT2D eigenvalue weighted by Gasteiger charge is 2.38. The lowest BCUT2D eigenvalue weighted by Crippen LogP contribution is -2.43. The second-order valence-corrected chi connectivity index (χ2v) is 6.71. The van der Waals surface area contributed by atoms with Crippen molar-refractivity contribution in [2.45, 2.75) is 31.3 Å². The van der Waals surface area contributed by atoms with Crippen LogP contribution in [-0.2, 0) is 32.2 Å². The van der Waals surface area contributed by atoms with Crippen LogP contribution in [0.4, 0.5) is 13.2 Å². The zero-order valence-corrected chi connectivity index (χ0v) is 16.5. The van der Waals surface area contributed by atoms with Crippen molar-refractivity contribution >= 4 is 11.9 Å². The van der Waals surface area contributed by atoms with Gasteiger partial charge in [0.05, 0.1) is 19.2 Å². The number of amides is 1. The normalized spacial score (nSPS) is 16.9. The third-order valence-corrected chi connectivity index (χ3v) is 4.22. The lowest BCUT2D eigenvalue weighted by Gasteiger charge is -2.19. The Bertz CT molecular complexity index is 834. The molecule has 3 rings (SSSR count). The van der Waals surface area contributed by atoms with E-state index in [0.29, 0.717) is 26.2 Å². The summed E-state index contributed by atoms with van der Waals surface area (Å²) in [5.74, 6) is -2.96. The molecule has 1 heterocycles. The van der Waals surface area contributed by atoms with Crippen LogP contribution in [0.3, 0.4) is 0 Å². The summed E-state index contributed by atoms with van der Waals surface area (Å²) in [5.41, 5.74) is 8.16. The van der Waals surface area contributed by atoms with Crippen LogP contribution in [0.25, 0.3) is 0 Å². The molecule has 0 spiro atoms. The van der Waals surface area contributed by atoms with Crippen molar-refractivity contribution in [1.82, 2.24) is 5.06 Å². The Morgan fingerprint density at radius 2 is 1.61 bits per heavy atom. The van der Waals surface area contributed by atoms with Crippen molar-refractivity contribution in [2.24, 2.45) is 5.73 Å². The number of halogens is 3. The van der Waals surface area contributed by atoms with Gasteiger partial charge in [0.15, 0.2) is 0 Å². The number of hydrogen-bond donors (Lipinski definition) is 2. The molecule has 31 heavy (non-hydrogen) atoms. The Morgan fingerprint density at radius 3 is 2.13 bits per heavy atom. The molecular formula is C21H23F3N2O5. The van der Waals surface area contributed by atoms with Crippen molar-refractivity contribution in [1.29, 1.82) is 0 Å². The average molecular weight is 440 g/mol. The third kappa shape index (κ3) is 8.36. The first-order valence-electron chi connectivity index (χ1n) is 9.36. The van der Waals surface area contributed by atoms with Gasteiger partial charge in [-0.3, -0.25) is 9.63 Å². The summed E-state index contributed by atoms with van der Waals surface area (Å²) in [4.78, 5) is 26.7. The van der Waals surface area contributed by atoms with E-state index < -0.39 is 18.2 Å². The lowest BCUT2D eigenvalue weighted by atomic mass is 10.1. The molecule has 10 heteroatoms. The second kappa shape index (κ2) is 11.4. The minimum Gasteiger partial charge on any atom is -0.475 e. The number of carboxylic acid groups (broad SMARTS) is 1. The number of aliphatic carboxylic acids is 1. The molecule has 3 N–H and O–H groups in total. The van der Waals surface area contributed by atoms with Gasteiger partial charge in [0.25, 0.3) is 5.91 Å². The van der Waals surface area contributed by atoms with Gasteiger partial charge >= 0.3 is 12.1 Å². The fourth-order valence-electron chi connectivity index (χ4n) is 2.65. The quantitative estimate of drug-likeness (QED) is 0.716. The molecular weight excluding hydrogens is 417 g/mol. The van der Waals surface area contributed by atoms with Gasteiger partial charge < -0.3 is 15.6 Å². The Morgan fingerprint density at radius 1 is 1.10 bits per heavy atom. The van der Waals surface area contributed by atoms with E-state index in [-0.39, 0.29) is 12.0 Å². The minimum absolute atomic E-state index is 0.127. The van der Waals surface area contributed by atoms with Crippen molar-refractivity contribution in [3.05, 3.63) is 71.8 Å². The predicted octanol–water partition coefficient (Wildman–Crippen LogP) is 2.55. The molecule has 1 unspecified atom stereocenters. The SMILES string of the molecule is N[C@@H](Cc1ccccc1)C(=O)N1CC(OCc2ccccc2)CO1.O=C(O)C(F)(F)F. The molecule has 0 aromatic heterocycles. The smallest absolute Gasteiger partial charge is 0.475 e. The van der Waals surface area contributed by atoms with Gasteiger partial charge in [-0.2, -0.15) is 13.2 Å². The van der Waals surface area contributed by atoms with E-state index >= 15 is 0 Å². The van der Waals surface area contributed by atoms with Crippen LogP contribution in [0.15, 0.2) is 60.7 Å². The number of benzene rings is 2. The largest absolute Gasteiger partial charge is 0.490 e. The number of nitrogens with zero attached hydrogens (tertiary/aromatic N) is 1. The second-order valence-electron chi connectivity index (χ2n) is 6.71. The number of alkyl halides is 3. The highest BCUT2D eigenvalue weighted by molar-refractivity contribution is 5.81. The maximum atomic E-state index is 12.4. The summed E-state index contributed by atoms with van der Waals surface area (Å²) in [6.07, 6.45) is -4.71. The van der Waals surface area contributed by atoms with Gasteiger partial charge in [-0.15, -0.1) is 0 Å². The van der Waals surface area contributed by atoms with Gasteiger partial charge in [-0.1, -0.05) is 60.7 Å². The molecule has 1 aliphatic heterocycles. The van der Waals surface area contributed by atoms with Crippen LogP contribution < -0.4 is 5.73 Å². The summed E-state index contributed by atoms with van der Waals surface area (Å²) in [6.45, 7) is 1.29. The van der Waals surface area contributed by atoms with E-state index in [1.807, 2.05) is 60.7 Å². The molecule has 7 nitrogen and oxygen atoms in total. The fourth-order valence-corrected chi connectivity index (χ4v) is 2.65. The van der Waals surface area contributed by atoms with E-state index in [1.54, 1.807) is 0 Å². The zero-order chi connectivity index (χ0) is 22.9. The molecule has 0 saturated carbocycles. The first-order valence-corrected chi connectivity index (χ1v) is 9.36. The molecule has 0 bridgehead atoms. The van der Waals surface area contributed by atoms with Gasteiger partial charge in [0.1, 0.15) is 12.7 Å². The van der Waals surface area contributed by atoms with Gasteiger partial charge in [0, 0.05) is 0 Å². The van der Waals surface area contributed by atoms with Gasteiger partial charge in [0.2, 0.25) is 0 Å². The summed E-state index contributed by atoms with van der Waals surface area (Å²) < 4.78 is 37.5. The van der Waals surface area contributed by atoms with Crippen LogP contribution in [0, 0.1) is 0 Å². The van der Waals surface area contributed by atoms with E-state index in [4.69, 9.17) is 25.2 Å². The van der Waals surface area contributed by atoms with E-state index in [1.165, 1.54) is 5.06 Å². The monoisotopic (exact) mass is 440 g/mol. The van der Waals surface area contributed by atoms with Crippen molar-refractivity contribution < 1.29 is 37.4 Å². The molecule has 1 aliphatic rings. The molecule has 2 atom stereocenters. The van der Waals surface area contributed by atoms with Crippen molar-refractivity contribution in [3.8, 4) is 0 Å². The van der Waals surface area contributed by atoms with Crippen LogP contribution in [0.1, 0.15) is 11.1 Å². The van der Waals surface area contributed by atoms with E-state index in [9.17, 15) is 18.0 Å². The van der Waals surface area contributed by atoms with Crippen LogP contribution in [-0.4, -0.2) is 53.5 Å². The van der Waals surface area contributed by atoms with Crippen LogP contribution in [0.2, 0.25) is 0 Å². The number of ether oxygens (including phenoxy) is 1. The van der Waals surface area contributed by atoms with Crippen molar-refractivity contribution in [3.63, 3.8) is 0 Å². The summed E-state index contributed by atoms with van der Waals surface area (Å²) in [7, 11) is 0. The summed E-state index contributed by atoms with van der Waals surface area (Å²) in [5, 5.41) is 8.46. The fraction of sp³-hybridized carbons (Fsp3) is 0.333. The van der Waals surface area contributed by atoms with Gasteiger partial charge in [-0.05, 0) is 17.5 Å². The highest BCUT2D eigenvalue weighted by atomic mass is 19.4. The predicted molar refractivity (Wildman–Crippen MR) is 104 cm³/mol. The Kier molecular flexibility index (Phi) is 8.98. The highest BCUT2D eigenvalue weighted by Crippen LogP contribution is 2.14. The first-order chi connectivity index (χ1) is 14.7. The number of hydrogen-bond acceptors (Lipinski definition) is 5. The number of carbonyl (C=O) groups excluding carboxylic acids is 1. The van der Waals surface area contributed by atoms with E-state index in [2.05, 4.69) is 0 Å². The van der Waals surface area contributed by atoms with Gasteiger partial charge in [-0.25, -0.2) is 9.86 Å².